The van der Waals surface area contributed by atoms with Gasteiger partial charge in [-0.1, -0.05) is 20.3 Å². The number of rotatable bonds is 4. The zero-order chi connectivity index (χ0) is 12.2. The van der Waals surface area contributed by atoms with Crippen LogP contribution in [0.25, 0.3) is 0 Å². The van der Waals surface area contributed by atoms with Gasteiger partial charge in [0.1, 0.15) is 6.04 Å². The van der Waals surface area contributed by atoms with Crippen molar-refractivity contribution in [3.63, 3.8) is 0 Å². The third-order valence-electron chi connectivity index (χ3n) is 4.00. The van der Waals surface area contributed by atoms with Crippen molar-refractivity contribution in [1.82, 2.24) is 4.90 Å². The van der Waals surface area contributed by atoms with Crippen LogP contribution >= 0.6 is 0 Å². The van der Waals surface area contributed by atoms with Crippen LogP contribution in [0.15, 0.2) is 0 Å². The topological polar surface area (TPSA) is 55.6 Å². The molecule has 1 aliphatic rings. The SMILES string of the molecule is CCC1(C)CCN(C(CN)C(=O)OC)CC1. The molecule has 94 valence electrons. The Kier molecular flexibility index (Phi) is 4.74. The summed E-state index contributed by atoms with van der Waals surface area (Å²) < 4.78 is 4.77. The Labute approximate surface area is 98.1 Å². The highest BCUT2D eigenvalue weighted by Gasteiger charge is 2.33. The summed E-state index contributed by atoms with van der Waals surface area (Å²) in [5, 5.41) is 0. The van der Waals surface area contributed by atoms with E-state index in [-0.39, 0.29) is 12.0 Å². The lowest BCUT2D eigenvalue weighted by Crippen LogP contribution is -2.51. The highest BCUT2D eigenvalue weighted by molar-refractivity contribution is 5.75. The van der Waals surface area contributed by atoms with Crippen LogP contribution in [0.5, 0.6) is 0 Å². The zero-order valence-electron chi connectivity index (χ0n) is 10.7. The second-order valence-electron chi connectivity index (χ2n) is 4.97. The van der Waals surface area contributed by atoms with Gasteiger partial charge in [0.15, 0.2) is 0 Å². The Balaban J connectivity index is 2.54. The van der Waals surface area contributed by atoms with E-state index in [1.807, 2.05) is 0 Å². The van der Waals surface area contributed by atoms with Crippen LogP contribution in [0, 0.1) is 5.41 Å². The molecule has 1 fully saturated rings. The fourth-order valence-corrected chi connectivity index (χ4v) is 2.26. The van der Waals surface area contributed by atoms with E-state index in [4.69, 9.17) is 10.5 Å². The highest BCUT2D eigenvalue weighted by Crippen LogP contribution is 2.34. The molecule has 1 atom stereocenters. The van der Waals surface area contributed by atoms with Gasteiger partial charge in [-0.15, -0.1) is 0 Å². The molecule has 1 saturated heterocycles. The normalized spacial score (nSPS) is 22.8. The number of methoxy groups -OCH3 is 1. The number of hydrogen-bond acceptors (Lipinski definition) is 4. The van der Waals surface area contributed by atoms with Gasteiger partial charge in [0.25, 0.3) is 0 Å². The molecule has 1 heterocycles. The quantitative estimate of drug-likeness (QED) is 0.729. The predicted molar refractivity (Wildman–Crippen MR) is 64.1 cm³/mol. The van der Waals surface area contributed by atoms with E-state index in [1.165, 1.54) is 13.5 Å². The van der Waals surface area contributed by atoms with Crippen molar-refractivity contribution in [3.8, 4) is 0 Å². The van der Waals surface area contributed by atoms with Crippen molar-refractivity contribution in [2.24, 2.45) is 11.1 Å². The maximum Gasteiger partial charge on any atom is 0.324 e. The van der Waals surface area contributed by atoms with Crippen LogP contribution in [0.1, 0.15) is 33.1 Å². The van der Waals surface area contributed by atoms with Gasteiger partial charge in [0.05, 0.1) is 7.11 Å². The Morgan fingerprint density at radius 1 is 1.50 bits per heavy atom. The second kappa shape index (κ2) is 5.64. The van der Waals surface area contributed by atoms with Gasteiger partial charge in [0, 0.05) is 6.54 Å². The van der Waals surface area contributed by atoms with E-state index in [2.05, 4.69) is 18.7 Å². The van der Waals surface area contributed by atoms with Gasteiger partial charge < -0.3 is 10.5 Å². The van der Waals surface area contributed by atoms with Crippen molar-refractivity contribution < 1.29 is 9.53 Å². The maximum atomic E-state index is 11.5. The van der Waals surface area contributed by atoms with Crippen molar-refractivity contribution in [3.05, 3.63) is 0 Å². The van der Waals surface area contributed by atoms with Gasteiger partial charge in [0.2, 0.25) is 0 Å². The molecule has 0 spiro atoms. The maximum absolute atomic E-state index is 11.5. The lowest BCUT2D eigenvalue weighted by atomic mass is 9.78. The third kappa shape index (κ3) is 2.95. The van der Waals surface area contributed by atoms with E-state index in [9.17, 15) is 4.79 Å². The van der Waals surface area contributed by atoms with Crippen LogP contribution in [-0.4, -0.2) is 43.7 Å². The minimum absolute atomic E-state index is 0.206. The van der Waals surface area contributed by atoms with E-state index < -0.39 is 0 Å². The average Bonchev–Trinajstić information content (AvgIpc) is 2.32. The van der Waals surface area contributed by atoms with Crippen LogP contribution < -0.4 is 5.73 Å². The van der Waals surface area contributed by atoms with Crippen molar-refractivity contribution in [2.75, 3.05) is 26.7 Å². The van der Waals surface area contributed by atoms with Gasteiger partial charge >= 0.3 is 5.97 Å². The van der Waals surface area contributed by atoms with Crippen LogP contribution in [0.4, 0.5) is 0 Å². The van der Waals surface area contributed by atoms with Crippen LogP contribution in [0.3, 0.4) is 0 Å². The molecular formula is C12H24N2O2. The van der Waals surface area contributed by atoms with E-state index >= 15 is 0 Å². The number of ether oxygens (including phenoxy) is 1. The number of hydrogen-bond donors (Lipinski definition) is 1. The molecule has 1 aliphatic heterocycles. The zero-order valence-corrected chi connectivity index (χ0v) is 10.7. The fraction of sp³-hybridized carbons (Fsp3) is 0.917. The molecule has 4 nitrogen and oxygen atoms in total. The largest absolute Gasteiger partial charge is 0.468 e. The number of piperidine rings is 1. The molecule has 0 aliphatic carbocycles. The number of carbonyl (C=O) groups excluding carboxylic acids is 1. The molecule has 0 aromatic carbocycles. The molecule has 16 heavy (non-hydrogen) atoms. The molecule has 0 saturated carbocycles. The summed E-state index contributed by atoms with van der Waals surface area (Å²) >= 11 is 0. The summed E-state index contributed by atoms with van der Waals surface area (Å²) in [6.45, 7) is 6.79. The Morgan fingerprint density at radius 2 is 2.06 bits per heavy atom. The molecule has 1 rings (SSSR count). The summed E-state index contributed by atoms with van der Waals surface area (Å²) in [5.74, 6) is -0.206. The number of carbonyl (C=O) groups is 1. The Bertz CT molecular complexity index is 235. The van der Waals surface area contributed by atoms with Crippen LogP contribution in [-0.2, 0) is 9.53 Å². The summed E-state index contributed by atoms with van der Waals surface area (Å²) in [7, 11) is 1.42. The monoisotopic (exact) mass is 228 g/mol. The Morgan fingerprint density at radius 3 is 2.44 bits per heavy atom. The smallest absolute Gasteiger partial charge is 0.324 e. The first kappa shape index (κ1) is 13.5. The molecule has 0 aromatic heterocycles. The predicted octanol–water partition coefficient (Wildman–Crippen LogP) is 0.999. The summed E-state index contributed by atoms with van der Waals surface area (Å²) in [6.07, 6.45) is 3.47. The van der Waals surface area contributed by atoms with E-state index in [0.29, 0.717) is 12.0 Å². The lowest BCUT2D eigenvalue weighted by molar-refractivity contribution is -0.147. The first-order chi connectivity index (χ1) is 7.56. The van der Waals surface area contributed by atoms with Gasteiger partial charge in [-0.25, -0.2) is 0 Å². The minimum Gasteiger partial charge on any atom is -0.468 e. The van der Waals surface area contributed by atoms with Crippen molar-refractivity contribution in [2.45, 2.75) is 39.2 Å². The van der Waals surface area contributed by atoms with Crippen molar-refractivity contribution >= 4 is 5.97 Å². The molecular weight excluding hydrogens is 204 g/mol. The Hall–Kier alpha value is -0.610. The molecule has 0 amide bonds. The fourth-order valence-electron chi connectivity index (χ4n) is 2.26. The molecule has 0 radical (unpaired) electrons. The summed E-state index contributed by atoms with van der Waals surface area (Å²) in [5.41, 5.74) is 6.07. The van der Waals surface area contributed by atoms with E-state index in [1.54, 1.807) is 0 Å². The first-order valence-electron chi connectivity index (χ1n) is 6.08. The summed E-state index contributed by atoms with van der Waals surface area (Å²) in [4.78, 5) is 13.7. The van der Waals surface area contributed by atoms with Crippen molar-refractivity contribution in [1.29, 1.82) is 0 Å². The van der Waals surface area contributed by atoms with Gasteiger partial charge in [-0.2, -0.15) is 0 Å². The van der Waals surface area contributed by atoms with Crippen LogP contribution in [0.2, 0.25) is 0 Å². The second-order valence-corrected chi connectivity index (χ2v) is 4.97. The van der Waals surface area contributed by atoms with Gasteiger partial charge in [-0.05, 0) is 31.3 Å². The third-order valence-corrected chi connectivity index (χ3v) is 4.00. The standard InChI is InChI=1S/C12H24N2O2/c1-4-12(2)5-7-14(8-6-12)10(9-13)11(15)16-3/h10H,4-9,13H2,1-3H3. The number of nitrogens with zero attached hydrogens (tertiary/aromatic N) is 1. The number of esters is 1. The number of likely N-dealkylation sites (tertiary alicyclic amines) is 1. The molecule has 4 heteroatoms. The average molecular weight is 228 g/mol. The first-order valence-corrected chi connectivity index (χ1v) is 6.08. The lowest BCUT2D eigenvalue weighted by Gasteiger charge is -2.41. The van der Waals surface area contributed by atoms with E-state index in [0.717, 1.165) is 25.9 Å². The minimum atomic E-state index is -0.258. The highest BCUT2D eigenvalue weighted by atomic mass is 16.5. The number of nitrogens with two attached hydrogens (primary N) is 1. The molecule has 0 aromatic rings. The summed E-state index contributed by atoms with van der Waals surface area (Å²) in [6, 6.07) is -0.258. The molecule has 1 unspecified atom stereocenters. The van der Waals surface area contributed by atoms with Gasteiger partial charge in [-0.3, -0.25) is 9.69 Å². The molecule has 0 bridgehead atoms. The molecule has 2 N–H and O–H groups in total.